The van der Waals surface area contributed by atoms with Gasteiger partial charge in [-0.3, -0.25) is 25.0 Å². The average molecular weight is 379 g/mol. The van der Waals surface area contributed by atoms with E-state index in [9.17, 15) is 25.0 Å². The Balaban J connectivity index is 3.85. The molecule has 0 aliphatic rings. The summed E-state index contributed by atoms with van der Waals surface area (Å²) in [5.74, 6) is 0. The summed E-state index contributed by atoms with van der Waals surface area (Å²) in [6.07, 6.45) is 22.6. The van der Waals surface area contributed by atoms with E-state index in [4.69, 9.17) is 0 Å². The van der Waals surface area contributed by atoms with Crippen molar-refractivity contribution in [2.24, 2.45) is 0 Å². The van der Waals surface area contributed by atoms with E-state index in [1.807, 2.05) is 12.2 Å². The van der Waals surface area contributed by atoms with Crippen LogP contribution in [-0.4, -0.2) is 21.8 Å². The Morgan fingerprint density at radius 2 is 1.26 bits per heavy atom. The van der Waals surface area contributed by atoms with Crippen molar-refractivity contribution in [1.82, 2.24) is 0 Å². The van der Waals surface area contributed by atoms with Crippen LogP contribution in [-0.2, 0) is 4.79 Å². The number of hydrogen-bond acceptors (Lipinski definition) is 5. The van der Waals surface area contributed by atoms with E-state index in [1.165, 1.54) is 38.5 Å². The molecule has 7 heteroatoms. The lowest BCUT2D eigenvalue weighted by atomic mass is 10.1. The van der Waals surface area contributed by atoms with Crippen molar-refractivity contribution < 1.29 is 14.6 Å². The molecule has 0 amide bonds. The van der Waals surface area contributed by atoms with Gasteiger partial charge in [-0.1, -0.05) is 75.5 Å². The second kappa shape index (κ2) is 15.9. The molecule has 0 spiro atoms. The zero-order chi connectivity index (χ0) is 20.4. The molecule has 0 atom stereocenters. The molecule has 0 aromatic rings. The molecule has 0 aliphatic carbocycles. The molecule has 151 valence electrons. The summed E-state index contributed by atoms with van der Waals surface area (Å²) in [5.41, 5.74) is -2.86. The first-order valence-electron chi connectivity index (χ1n) is 9.64. The van der Waals surface area contributed by atoms with Crippen molar-refractivity contribution in [2.45, 2.75) is 83.2 Å². The Kier molecular flexibility index (Phi) is 14.5. The number of nitro groups is 2. The number of hydrogen-bond donors (Lipinski definition) is 0. The number of nitrogens with zero attached hydrogens (tertiary/aromatic N) is 2. The molecule has 7 nitrogen and oxygen atoms in total. The molecule has 0 N–H and O–H groups in total. The fraction of sp³-hybridized carbons (Fsp3) is 0.650. The Bertz CT molecular complexity index is 512. The summed E-state index contributed by atoms with van der Waals surface area (Å²) >= 11 is 0. The summed E-state index contributed by atoms with van der Waals surface area (Å²) < 4.78 is 0. The van der Waals surface area contributed by atoms with E-state index < -0.39 is 21.9 Å². The Morgan fingerprint density at radius 1 is 0.778 bits per heavy atom. The molecule has 0 heterocycles. The Labute approximate surface area is 161 Å². The van der Waals surface area contributed by atoms with Crippen LogP contribution < -0.4 is 0 Å². The monoisotopic (exact) mass is 379 g/mol. The lowest BCUT2D eigenvalue weighted by Crippen LogP contribution is -2.47. The fourth-order valence-corrected chi connectivity index (χ4v) is 2.48. The lowest BCUT2D eigenvalue weighted by molar-refractivity contribution is -0.772. The van der Waals surface area contributed by atoms with Crippen LogP contribution in [0.15, 0.2) is 36.5 Å². The SMILES string of the molecule is CCCCCCCC/C=C/C/C=C/C/C=C/CCC([C]=O)([N+](=O)[O-])[N+](=O)[O-]. The maximum atomic E-state index is 10.7. The van der Waals surface area contributed by atoms with Gasteiger partial charge in [0.25, 0.3) is 0 Å². The van der Waals surface area contributed by atoms with Crippen LogP contribution >= 0.6 is 0 Å². The summed E-state index contributed by atoms with van der Waals surface area (Å²) in [7, 11) is 0. The van der Waals surface area contributed by atoms with E-state index in [2.05, 4.69) is 19.1 Å². The first kappa shape index (κ1) is 24.7. The van der Waals surface area contributed by atoms with Crippen LogP contribution in [0.4, 0.5) is 0 Å². The first-order chi connectivity index (χ1) is 13.0. The maximum Gasteiger partial charge on any atom is 0.524 e. The fourth-order valence-electron chi connectivity index (χ4n) is 2.48. The van der Waals surface area contributed by atoms with Crippen molar-refractivity contribution in [3.63, 3.8) is 0 Å². The Morgan fingerprint density at radius 3 is 1.78 bits per heavy atom. The van der Waals surface area contributed by atoms with Crippen molar-refractivity contribution >= 4 is 6.29 Å². The molecule has 0 aliphatic heterocycles. The number of rotatable bonds is 17. The smallest absolute Gasteiger partial charge is 0.273 e. The quantitative estimate of drug-likeness (QED) is 0.112. The lowest BCUT2D eigenvalue weighted by Gasteiger charge is -2.08. The highest BCUT2D eigenvalue weighted by atomic mass is 16.7. The molecular formula is C20H31N2O5. The number of carbonyl (C=O) groups excluding carboxylic acids is 1. The molecule has 0 aromatic heterocycles. The zero-order valence-corrected chi connectivity index (χ0v) is 16.2. The van der Waals surface area contributed by atoms with Gasteiger partial charge in [-0.2, -0.15) is 0 Å². The minimum Gasteiger partial charge on any atom is -0.273 e. The second-order valence-corrected chi connectivity index (χ2v) is 6.41. The van der Waals surface area contributed by atoms with E-state index >= 15 is 0 Å². The molecule has 0 aromatic carbocycles. The van der Waals surface area contributed by atoms with Crippen LogP contribution in [0.1, 0.15) is 77.6 Å². The van der Waals surface area contributed by atoms with Gasteiger partial charge in [-0.25, -0.2) is 0 Å². The van der Waals surface area contributed by atoms with Crippen molar-refractivity contribution in [2.75, 3.05) is 0 Å². The summed E-state index contributed by atoms with van der Waals surface area (Å²) in [6.45, 7) is 2.22. The second-order valence-electron chi connectivity index (χ2n) is 6.41. The predicted molar refractivity (Wildman–Crippen MR) is 106 cm³/mol. The number of unbranched alkanes of at least 4 members (excludes halogenated alkanes) is 6. The van der Waals surface area contributed by atoms with E-state index in [0.29, 0.717) is 6.42 Å². The molecule has 0 bridgehead atoms. The summed E-state index contributed by atoms with van der Waals surface area (Å²) in [4.78, 5) is 29.8. The third kappa shape index (κ3) is 11.1. The van der Waals surface area contributed by atoms with Gasteiger partial charge >= 0.3 is 11.9 Å². The highest BCUT2D eigenvalue weighted by Gasteiger charge is 2.57. The highest BCUT2D eigenvalue weighted by molar-refractivity contribution is 5.60. The van der Waals surface area contributed by atoms with Crippen LogP contribution in [0.5, 0.6) is 0 Å². The highest BCUT2D eigenvalue weighted by Crippen LogP contribution is 2.16. The molecule has 0 fully saturated rings. The maximum absolute atomic E-state index is 10.7. The van der Waals surface area contributed by atoms with Crippen LogP contribution in [0.25, 0.3) is 0 Å². The van der Waals surface area contributed by atoms with Gasteiger partial charge in [0.15, 0.2) is 0 Å². The van der Waals surface area contributed by atoms with E-state index in [1.54, 1.807) is 12.2 Å². The summed E-state index contributed by atoms with van der Waals surface area (Å²) in [6, 6.07) is 0. The third-order valence-electron chi connectivity index (χ3n) is 4.20. The molecule has 1 radical (unpaired) electrons. The van der Waals surface area contributed by atoms with E-state index in [-0.39, 0.29) is 6.42 Å². The van der Waals surface area contributed by atoms with Crippen molar-refractivity contribution in [1.29, 1.82) is 0 Å². The normalized spacial score (nSPS) is 12.3. The minimum atomic E-state index is -2.86. The molecule has 0 saturated carbocycles. The van der Waals surface area contributed by atoms with Crippen LogP contribution in [0.2, 0.25) is 0 Å². The van der Waals surface area contributed by atoms with Crippen molar-refractivity contribution in [3.05, 3.63) is 56.7 Å². The van der Waals surface area contributed by atoms with Crippen molar-refractivity contribution in [3.8, 4) is 0 Å². The average Bonchev–Trinajstić information content (AvgIpc) is 2.64. The van der Waals surface area contributed by atoms with Crippen LogP contribution in [0.3, 0.4) is 0 Å². The molecule has 0 saturated heterocycles. The standard InChI is InChI=1S/C20H31N2O5/c1-2-3-4-5-6-7-8-9-10-11-12-13-14-15-16-17-18-20(19-23,21(24)25)22(26)27/h9-10,12-13,15-16H,2-8,11,14,17-18H2,1H3/b10-9+,13-12+,16-15+. The molecule has 0 rings (SSSR count). The van der Waals surface area contributed by atoms with Gasteiger partial charge in [0.05, 0.1) is 0 Å². The zero-order valence-electron chi connectivity index (χ0n) is 16.2. The van der Waals surface area contributed by atoms with Gasteiger partial charge < -0.3 is 0 Å². The van der Waals surface area contributed by atoms with Gasteiger partial charge in [0.2, 0.25) is 0 Å². The first-order valence-corrected chi connectivity index (χ1v) is 9.64. The molecular weight excluding hydrogens is 348 g/mol. The molecule has 0 unspecified atom stereocenters. The van der Waals surface area contributed by atoms with Crippen LogP contribution in [0, 0.1) is 20.2 Å². The van der Waals surface area contributed by atoms with Gasteiger partial charge in [-0.15, -0.1) is 0 Å². The van der Waals surface area contributed by atoms with Gasteiger partial charge in [0, 0.05) is 0 Å². The predicted octanol–water partition coefficient (Wildman–Crippen LogP) is 5.33. The topological polar surface area (TPSA) is 103 Å². The molecule has 27 heavy (non-hydrogen) atoms. The summed E-state index contributed by atoms with van der Waals surface area (Å²) in [5, 5.41) is 21.5. The largest absolute Gasteiger partial charge is 0.524 e. The minimum absolute atomic E-state index is 0.0726. The third-order valence-corrected chi connectivity index (χ3v) is 4.20. The number of allylic oxidation sites excluding steroid dienone is 6. The van der Waals surface area contributed by atoms with Gasteiger partial charge in [-0.05, 0) is 32.1 Å². The van der Waals surface area contributed by atoms with E-state index in [0.717, 1.165) is 19.1 Å². The van der Waals surface area contributed by atoms with Gasteiger partial charge in [0.1, 0.15) is 16.3 Å². The Hall–Kier alpha value is -2.31.